The fourth-order valence-corrected chi connectivity index (χ4v) is 2.81. The lowest BCUT2D eigenvalue weighted by molar-refractivity contribution is -0.183. The number of carbonyl (C=O) groups is 1. The molecular formula is C11H18O2. The first-order chi connectivity index (χ1) is 5.83. The summed E-state index contributed by atoms with van der Waals surface area (Å²) in [4.78, 5) is 11.7. The number of fused-ring (bicyclic) bond motifs is 2. The standard InChI is InChI=1S/C11H18O2/c1-9(2)10(3)5-6-11(9,4)8(12)13-7-10/h5-7H2,1-4H3. The molecule has 1 aliphatic carbocycles. The first-order valence-corrected chi connectivity index (χ1v) is 5.01. The zero-order valence-corrected chi connectivity index (χ0v) is 8.94. The summed E-state index contributed by atoms with van der Waals surface area (Å²) in [6, 6.07) is 0. The predicted octanol–water partition coefficient (Wildman–Crippen LogP) is 2.38. The summed E-state index contributed by atoms with van der Waals surface area (Å²) in [6.45, 7) is 9.32. The monoisotopic (exact) mass is 182 g/mol. The lowest BCUT2D eigenvalue weighted by atomic mass is 9.58. The predicted molar refractivity (Wildman–Crippen MR) is 50.2 cm³/mol. The van der Waals surface area contributed by atoms with E-state index in [2.05, 4.69) is 27.7 Å². The zero-order valence-electron chi connectivity index (χ0n) is 8.94. The second-order valence-electron chi connectivity index (χ2n) is 5.59. The van der Waals surface area contributed by atoms with Gasteiger partial charge in [-0.15, -0.1) is 0 Å². The van der Waals surface area contributed by atoms with Gasteiger partial charge in [-0.05, 0) is 25.2 Å². The van der Waals surface area contributed by atoms with Gasteiger partial charge in [-0.3, -0.25) is 4.79 Å². The van der Waals surface area contributed by atoms with Gasteiger partial charge in [0.15, 0.2) is 0 Å². The van der Waals surface area contributed by atoms with Gasteiger partial charge in [0, 0.05) is 5.41 Å². The molecule has 1 aliphatic heterocycles. The molecular weight excluding hydrogens is 164 g/mol. The molecule has 74 valence electrons. The Bertz CT molecular complexity index is 269. The summed E-state index contributed by atoms with van der Waals surface area (Å²) in [7, 11) is 0. The van der Waals surface area contributed by atoms with Crippen LogP contribution < -0.4 is 0 Å². The highest BCUT2D eigenvalue weighted by Crippen LogP contribution is 2.65. The molecule has 1 saturated carbocycles. The molecule has 2 unspecified atom stereocenters. The Morgan fingerprint density at radius 2 is 1.77 bits per heavy atom. The van der Waals surface area contributed by atoms with Crippen molar-refractivity contribution < 1.29 is 9.53 Å². The number of rotatable bonds is 0. The Hall–Kier alpha value is -0.530. The lowest BCUT2D eigenvalue weighted by Crippen LogP contribution is -2.52. The number of ether oxygens (including phenoxy) is 1. The van der Waals surface area contributed by atoms with Crippen LogP contribution in [0.15, 0.2) is 0 Å². The number of esters is 1. The van der Waals surface area contributed by atoms with Gasteiger partial charge in [0.25, 0.3) is 0 Å². The van der Waals surface area contributed by atoms with E-state index in [9.17, 15) is 4.79 Å². The maximum atomic E-state index is 11.7. The van der Waals surface area contributed by atoms with E-state index in [-0.39, 0.29) is 22.2 Å². The summed E-state index contributed by atoms with van der Waals surface area (Å²) in [6.07, 6.45) is 2.09. The molecule has 2 aliphatic rings. The van der Waals surface area contributed by atoms with E-state index in [0.717, 1.165) is 12.8 Å². The molecule has 2 rings (SSSR count). The fraction of sp³-hybridized carbons (Fsp3) is 0.909. The second kappa shape index (κ2) is 2.10. The van der Waals surface area contributed by atoms with Crippen molar-refractivity contribution in [2.75, 3.05) is 6.61 Å². The average Bonchev–Trinajstić information content (AvgIpc) is 2.20. The van der Waals surface area contributed by atoms with Gasteiger partial charge < -0.3 is 4.74 Å². The van der Waals surface area contributed by atoms with Crippen LogP contribution in [0.1, 0.15) is 40.5 Å². The van der Waals surface area contributed by atoms with Crippen LogP contribution in [0, 0.1) is 16.2 Å². The van der Waals surface area contributed by atoms with E-state index in [1.165, 1.54) is 0 Å². The summed E-state index contributed by atoms with van der Waals surface area (Å²) >= 11 is 0. The van der Waals surface area contributed by atoms with E-state index in [0.29, 0.717) is 6.61 Å². The molecule has 2 atom stereocenters. The van der Waals surface area contributed by atoms with Crippen molar-refractivity contribution >= 4 is 5.97 Å². The minimum absolute atomic E-state index is 0.00692. The molecule has 1 heterocycles. The Kier molecular flexibility index (Phi) is 1.46. The molecule has 2 nitrogen and oxygen atoms in total. The largest absolute Gasteiger partial charge is 0.465 e. The first-order valence-electron chi connectivity index (χ1n) is 5.01. The summed E-state index contributed by atoms with van der Waals surface area (Å²) < 4.78 is 5.27. The van der Waals surface area contributed by atoms with Crippen LogP contribution in [0.2, 0.25) is 0 Å². The molecule has 0 spiro atoms. The van der Waals surface area contributed by atoms with Gasteiger partial charge in [-0.1, -0.05) is 20.8 Å². The summed E-state index contributed by atoms with van der Waals surface area (Å²) in [5, 5.41) is 0. The molecule has 0 aromatic rings. The van der Waals surface area contributed by atoms with Crippen molar-refractivity contribution in [2.45, 2.75) is 40.5 Å². The molecule has 2 heteroatoms. The van der Waals surface area contributed by atoms with Crippen LogP contribution in [-0.4, -0.2) is 12.6 Å². The van der Waals surface area contributed by atoms with E-state index < -0.39 is 0 Å². The molecule has 0 radical (unpaired) electrons. The van der Waals surface area contributed by atoms with Crippen molar-refractivity contribution in [2.24, 2.45) is 16.2 Å². The number of hydrogen-bond acceptors (Lipinski definition) is 2. The Morgan fingerprint density at radius 3 is 2.31 bits per heavy atom. The van der Waals surface area contributed by atoms with Crippen LogP contribution in [0.25, 0.3) is 0 Å². The number of cyclic esters (lactones) is 1. The van der Waals surface area contributed by atoms with Crippen molar-refractivity contribution in [3.05, 3.63) is 0 Å². The molecule has 2 bridgehead atoms. The van der Waals surface area contributed by atoms with Crippen LogP contribution in [0.5, 0.6) is 0 Å². The highest BCUT2D eigenvalue weighted by Gasteiger charge is 2.65. The highest BCUT2D eigenvalue weighted by atomic mass is 16.5. The SMILES string of the molecule is CC12CCC(C)(C(=O)OC1)C2(C)C. The Balaban J connectivity index is 2.52. The Morgan fingerprint density at radius 1 is 1.15 bits per heavy atom. The molecule has 0 N–H and O–H groups in total. The smallest absolute Gasteiger partial charge is 0.312 e. The third kappa shape index (κ3) is 0.773. The van der Waals surface area contributed by atoms with Gasteiger partial charge in [0.1, 0.15) is 0 Å². The van der Waals surface area contributed by atoms with Crippen LogP contribution in [-0.2, 0) is 9.53 Å². The van der Waals surface area contributed by atoms with E-state index >= 15 is 0 Å². The molecule has 2 fully saturated rings. The molecule has 0 amide bonds. The van der Waals surface area contributed by atoms with Crippen LogP contribution in [0.3, 0.4) is 0 Å². The van der Waals surface area contributed by atoms with Gasteiger partial charge in [0.05, 0.1) is 12.0 Å². The van der Waals surface area contributed by atoms with Gasteiger partial charge in [-0.25, -0.2) is 0 Å². The normalized spacial score (nSPS) is 47.5. The zero-order chi connectivity index (χ0) is 9.91. The Labute approximate surface area is 79.7 Å². The van der Waals surface area contributed by atoms with Crippen molar-refractivity contribution in [1.82, 2.24) is 0 Å². The van der Waals surface area contributed by atoms with Gasteiger partial charge in [-0.2, -0.15) is 0 Å². The third-order valence-electron chi connectivity index (χ3n) is 5.04. The molecule has 0 aromatic heterocycles. The maximum absolute atomic E-state index is 11.7. The van der Waals surface area contributed by atoms with Crippen molar-refractivity contribution in [3.8, 4) is 0 Å². The average molecular weight is 182 g/mol. The van der Waals surface area contributed by atoms with Gasteiger partial charge >= 0.3 is 5.97 Å². The van der Waals surface area contributed by atoms with Crippen molar-refractivity contribution in [1.29, 1.82) is 0 Å². The summed E-state index contributed by atoms with van der Waals surface area (Å²) in [5.74, 6) is 0.00692. The van der Waals surface area contributed by atoms with Crippen LogP contribution >= 0.6 is 0 Å². The fourth-order valence-electron chi connectivity index (χ4n) is 2.81. The van der Waals surface area contributed by atoms with Crippen molar-refractivity contribution in [3.63, 3.8) is 0 Å². The topological polar surface area (TPSA) is 26.3 Å². The molecule has 1 saturated heterocycles. The minimum Gasteiger partial charge on any atom is -0.465 e. The van der Waals surface area contributed by atoms with Gasteiger partial charge in [0.2, 0.25) is 0 Å². The van der Waals surface area contributed by atoms with E-state index in [1.54, 1.807) is 0 Å². The molecule has 13 heavy (non-hydrogen) atoms. The first kappa shape index (κ1) is 9.04. The third-order valence-corrected chi connectivity index (χ3v) is 5.04. The number of carbonyl (C=O) groups excluding carboxylic acids is 1. The second-order valence-corrected chi connectivity index (χ2v) is 5.59. The maximum Gasteiger partial charge on any atom is 0.312 e. The van der Waals surface area contributed by atoms with E-state index in [1.807, 2.05) is 0 Å². The lowest BCUT2D eigenvalue weighted by Gasteiger charge is -2.49. The van der Waals surface area contributed by atoms with E-state index in [4.69, 9.17) is 4.74 Å². The van der Waals surface area contributed by atoms with Crippen LogP contribution in [0.4, 0.5) is 0 Å². The summed E-state index contributed by atoms with van der Waals surface area (Å²) in [5.41, 5.74) is 0.0188. The highest BCUT2D eigenvalue weighted by molar-refractivity contribution is 5.79. The number of hydrogen-bond donors (Lipinski definition) is 0. The quantitative estimate of drug-likeness (QED) is 0.538. The minimum atomic E-state index is -0.250. The molecule has 0 aromatic carbocycles.